The lowest BCUT2D eigenvalue weighted by molar-refractivity contribution is -0.102. The first-order valence-electron chi connectivity index (χ1n) is 12.3. The maximum absolute atomic E-state index is 11.7. The first kappa shape index (κ1) is 44.1. The molecule has 4 rings (SSSR count). The molecule has 1 unspecified atom stereocenters. The number of nitrogens with one attached hydrogen (secondary N) is 2. The van der Waals surface area contributed by atoms with Crippen molar-refractivity contribution in [3.63, 3.8) is 0 Å². The molecule has 4 N–H and O–H groups in total. The lowest BCUT2D eigenvalue weighted by Crippen LogP contribution is -2.48. The average molecular weight is 622 g/mol. The van der Waals surface area contributed by atoms with Crippen molar-refractivity contribution in [3.8, 4) is 0 Å². The van der Waals surface area contributed by atoms with E-state index in [4.69, 9.17) is 10.5 Å². The van der Waals surface area contributed by atoms with Gasteiger partial charge in [-0.1, -0.05) is 21.3 Å². The van der Waals surface area contributed by atoms with Gasteiger partial charge in [0.15, 0.2) is 14.5 Å². The third-order valence-electron chi connectivity index (χ3n) is 5.55. The van der Waals surface area contributed by atoms with Crippen LogP contribution in [0.5, 0.6) is 0 Å². The fraction of sp³-hybridized carbons (Fsp3) is 0.833. The highest BCUT2D eigenvalue weighted by Gasteiger charge is 2.42. The molecule has 4 heterocycles. The number of ether oxygens (including phenoxy) is 1. The van der Waals surface area contributed by atoms with E-state index in [1.165, 1.54) is 6.21 Å². The summed E-state index contributed by atoms with van der Waals surface area (Å²) >= 11 is 0. The zero-order valence-electron chi connectivity index (χ0n) is 23.8. The number of piperazine rings is 2. The molecule has 228 valence electrons. The van der Waals surface area contributed by atoms with Crippen molar-refractivity contribution in [2.45, 2.75) is 104 Å². The number of primary amides is 1. The van der Waals surface area contributed by atoms with E-state index in [0.29, 0.717) is 24.2 Å². The van der Waals surface area contributed by atoms with Gasteiger partial charge in [0.2, 0.25) is 0 Å². The van der Waals surface area contributed by atoms with Gasteiger partial charge in [0.05, 0.1) is 6.21 Å². The minimum absolute atomic E-state index is 0. The fourth-order valence-corrected chi connectivity index (χ4v) is 4.70. The SMILES string of the molecule is C.CC.CC(C)(C)OC(=O)N1C[C@@H]2C[C@H]1CN2.C[Si](C)(C)N=CC=O.Cl.Cl.NC(=O)N1C[C@@H]2C[C@H]1CN2.P. The van der Waals surface area contributed by atoms with Crippen LogP contribution in [-0.2, 0) is 9.53 Å². The Bertz CT molecular complexity index is 725. The van der Waals surface area contributed by atoms with Crippen LogP contribution in [0.1, 0.15) is 54.9 Å². The summed E-state index contributed by atoms with van der Waals surface area (Å²) in [5, 5.41) is 6.65. The molecule has 0 aromatic carbocycles. The molecule has 4 aliphatic rings. The van der Waals surface area contributed by atoms with E-state index in [2.05, 4.69) is 34.9 Å². The van der Waals surface area contributed by atoms with Crippen LogP contribution >= 0.6 is 34.7 Å². The Hall–Kier alpha value is -0.973. The van der Waals surface area contributed by atoms with E-state index in [1.807, 2.05) is 39.5 Å². The Labute approximate surface area is 247 Å². The maximum atomic E-state index is 11.7. The number of nitrogens with zero attached hydrogens (tertiary/aromatic N) is 3. The third kappa shape index (κ3) is 15.6. The van der Waals surface area contributed by atoms with E-state index in [0.717, 1.165) is 45.3 Å². The maximum Gasteiger partial charge on any atom is 0.410 e. The summed E-state index contributed by atoms with van der Waals surface area (Å²) in [6.07, 6.45) is 4.07. The van der Waals surface area contributed by atoms with E-state index in [1.54, 1.807) is 4.90 Å². The zero-order chi connectivity index (χ0) is 26.1. The summed E-state index contributed by atoms with van der Waals surface area (Å²) < 4.78 is 9.35. The standard InChI is InChI=1S/C10H18N2O2.C6H11N3O.C5H11NOSi.C2H6.CH4.2ClH.H3P/c1-10(2,3)14-9(13)12-6-7-4-8(12)5-11-7;7-6(10)9-3-4-1-5(9)2-8-4;1-8(2,3)6-4-5-7;1-2;;;;/h7-8,11H,4-6H2,1-3H3;4-5,8H,1-3H2,(H2,7,10);4-5H,1-3H3;1-2H3;1H4;2*1H;1H3/t7-,8-;4-,5-;;;;;;/m00....../s1. The molecule has 5 atom stereocenters. The lowest BCUT2D eigenvalue weighted by atomic mass is 10.2. The highest BCUT2D eigenvalue weighted by molar-refractivity contribution is 6.92. The van der Waals surface area contributed by atoms with Gasteiger partial charge < -0.3 is 35.6 Å². The van der Waals surface area contributed by atoms with Crippen molar-refractivity contribution >= 4 is 67.6 Å². The average Bonchev–Trinajstić information content (AvgIpc) is 3.54. The summed E-state index contributed by atoms with van der Waals surface area (Å²) in [6.45, 7) is 19.4. The number of rotatable bonds is 2. The van der Waals surface area contributed by atoms with Crippen LogP contribution in [0.15, 0.2) is 4.66 Å². The van der Waals surface area contributed by atoms with Crippen LogP contribution in [0.25, 0.3) is 0 Å². The number of fused-ring (bicyclic) bond motifs is 4. The summed E-state index contributed by atoms with van der Waals surface area (Å²) in [7, 11) is -1.34. The smallest absolute Gasteiger partial charge is 0.410 e. The molecule has 4 bridgehead atoms. The minimum atomic E-state index is -1.34. The van der Waals surface area contributed by atoms with E-state index < -0.39 is 8.24 Å². The molecule has 0 aromatic rings. The topological polar surface area (TPSA) is 129 Å². The molecular formula is C24H55Cl2N6O4PSi. The van der Waals surface area contributed by atoms with Gasteiger partial charge in [0.25, 0.3) is 0 Å². The summed E-state index contributed by atoms with van der Waals surface area (Å²) in [4.78, 5) is 35.8. The highest BCUT2D eigenvalue weighted by atomic mass is 35.5. The van der Waals surface area contributed by atoms with Gasteiger partial charge >= 0.3 is 12.1 Å². The number of aldehydes is 1. The van der Waals surface area contributed by atoms with Crippen molar-refractivity contribution < 1.29 is 19.1 Å². The second-order valence-electron chi connectivity index (χ2n) is 10.7. The Morgan fingerprint density at radius 1 is 0.974 bits per heavy atom. The van der Waals surface area contributed by atoms with Crippen LogP contribution in [0.2, 0.25) is 19.6 Å². The predicted molar refractivity (Wildman–Crippen MR) is 171 cm³/mol. The number of hydrogen-bond donors (Lipinski definition) is 3. The van der Waals surface area contributed by atoms with Gasteiger partial charge in [-0.3, -0.25) is 4.79 Å². The molecule has 10 nitrogen and oxygen atoms in total. The van der Waals surface area contributed by atoms with Gasteiger partial charge in [-0.25, -0.2) is 9.59 Å². The number of carbonyl (C=O) groups is 3. The molecule has 0 saturated carbocycles. The van der Waals surface area contributed by atoms with Crippen LogP contribution in [-0.4, -0.2) is 98.6 Å². The van der Waals surface area contributed by atoms with Crippen molar-refractivity contribution in [2.75, 3.05) is 26.2 Å². The third-order valence-corrected chi connectivity index (χ3v) is 6.47. The van der Waals surface area contributed by atoms with Crippen LogP contribution < -0.4 is 16.4 Å². The second-order valence-corrected chi connectivity index (χ2v) is 15.3. The lowest BCUT2D eigenvalue weighted by Gasteiger charge is -2.30. The Kier molecular flexibility index (Phi) is 23.2. The number of nitrogens with two attached hydrogens (primary N) is 1. The normalized spacial score (nSPS) is 23.9. The number of urea groups is 1. The number of likely N-dealkylation sites (tertiary alicyclic amines) is 2. The van der Waals surface area contributed by atoms with Gasteiger partial charge in [0.1, 0.15) is 5.60 Å². The molecule has 4 aliphatic heterocycles. The minimum Gasteiger partial charge on any atom is -0.444 e. The van der Waals surface area contributed by atoms with Crippen molar-refractivity contribution in [1.29, 1.82) is 0 Å². The van der Waals surface area contributed by atoms with Gasteiger partial charge in [-0.15, -0.1) is 24.8 Å². The highest BCUT2D eigenvalue weighted by Crippen LogP contribution is 2.25. The molecule has 0 aromatic heterocycles. The van der Waals surface area contributed by atoms with E-state index >= 15 is 0 Å². The Morgan fingerprint density at radius 2 is 1.39 bits per heavy atom. The van der Waals surface area contributed by atoms with Gasteiger partial charge in [0, 0.05) is 50.3 Å². The van der Waals surface area contributed by atoms with Crippen LogP contribution in [0.4, 0.5) is 9.59 Å². The summed E-state index contributed by atoms with van der Waals surface area (Å²) in [6, 6.07) is 1.47. The van der Waals surface area contributed by atoms with Crippen LogP contribution in [0, 0.1) is 0 Å². The quantitative estimate of drug-likeness (QED) is 0.187. The van der Waals surface area contributed by atoms with Gasteiger partial charge in [-0.2, -0.15) is 9.90 Å². The largest absolute Gasteiger partial charge is 0.444 e. The second kappa shape index (κ2) is 20.0. The number of halogens is 2. The molecule has 3 amide bonds. The molecule has 0 aliphatic carbocycles. The predicted octanol–water partition coefficient (Wildman–Crippen LogP) is 3.73. The first-order valence-corrected chi connectivity index (χ1v) is 15.7. The Morgan fingerprint density at radius 3 is 1.61 bits per heavy atom. The molecule has 4 saturated heterocycles. The van der Waals surface area contributed by atoms with Crippen molar-refractivity contribution in [3.05, 3.63) is 0 Å². The molecule has 4 fully saturated rings. The number of carbonyl (C=O) groups excluding carboxylic acids is 3. The number of amides is 3. The van der Waals surface area contributed by atoms with E-state index in [-0.39, 0.29) is 59.9 Å². The fourth-order valence-electron chi connectivity index (χ4n) is 4.19. The van der Waals surface area contributed by atoms with Crippen molar-refractivity contribution in [2.24, 2.45) is 10.4 Å². The first-order chi connectivity index (χ1) is 15.8. The molecule has 0 radical (unpaired) electrons. The summed E-state index contributed by atoms with van der Waals surface area (Å²) in [5.41, 5.74) is 4.76. The molecule has 0 spiro atoms. The van der Waals surface area contributed by atoms with E-state index in [9.17, 15) is 14.4 Å². The molecule has 38 heavy (non-hydrogen) atoms. The van der Waals surface area contributed by atoms with Crippen LogP contribution in [0.3, 0.4) is 0 Å². The monoisotopic (exact) mass is 620 g/mol. The molecule has 14 heteroatoms. The zero-order valence-corrected chi connectivity index (χ0v) is 27.8. The van der Waals surface area contributed by atoms with Crippen molar-refractivity contribution in [1.82, 2.24) is 20.4 Å². The Balaban J connectivity index is -0.000000217. The summed E-state index contributed by atoms with van der Waals surface area (Å²) in [5.74, 6) is 0. The molecular weight excluding hydrogens is 566 g/mol. The van der Waals surface area contributed by atoms with Gasteiger partial charge in [-0.05, 0) is 53.3 Å². The number of hydrogen-bond acceptors (Lipinski definition) is 7.